The number of benzene rings is 1. The average molecular weight is 451 g/mol. The summed E-state index contributed by atoms with van der Waals surface area (Å²) in [4.78, 5) is 29.5. The van der Waals surface area contributed by atoms with Gasteiger partial charge in [0.25, 0.3) is 0 Å². The van der Waals surface area contributed by atoms with E-state index in [-0.39, 0.29) is 11.9 Å². The van der Waals surface area contributed by atoms with Crippen LogP contribution in [0.4, 0.5) is 0 Å². The Morgan fingerprint density at radius 2 is 1.89 bits per heavy atom. The summed E-state index contributed by atoms with van der Waals surface area (Å²) in [5.74, 6) is -0.254. The number of nitrogens with zero attached hydrogens (tertiary/aromatic N) is 2. The topological polar surface area (TPSA) is 79.7 Å². The van der Waals surface area contributed by atoms with E-state index in [2.05, 4.69) is 25.7 Å². The fourth-order valence-electron chi connectivity index (χ4n) is 2.88. The lowest BCUT2D eigenvalue weighted by molar-refractivity contribution is -0.141. The van der Waals surface area contributed by atoms with Crippen LogP contribution in [-0.2, 0) is 14.3 Å². The van der Waals surface area contributed by atoms with E-state index in [0.29, 0.717) is 44.3 Å². The lowest BCUT2D eigenvalue weighted by Gasteiger charge is -2.19. The average Bonchev–Trinajstić information content (AvgIpc) is 2.71. The van der Waals surface area contributed by atoms with Crippen LogP contribution in [0.1, 0.15) is 49.5 Å². The summed E-state index contributed by atoms with van der Waals surface area (Å²) in [6.45, 7) is 2.44. The number of rotatable bonds is 9. The number of pyridine rings is 1. The van der Waals surface area contributed by atoms with Crippen LogP contribution < -0.4 is 0 Å². The van der Waals surface area contributed by atoms with Gasteiger partial charge in [-0.2, -0.15) is 0 Å². The summed E-state index contributed by atoms with van der Waals surface area (Å²) in [5.41, 5.74) is 2.51. The molecule has 1 aromatic carbocycles. The molecule has 1 atom stereocenters. The van der Waals surface area contributed by atoms with Gasteiger partial charge in [0.05, 0.1) is 24.4 Å². The van der Waals surface area contributed by atoms with Crippen molar-refractivity contribution in [1.29, 1.82) is 0 Å². The molecule has 0 aliphatic rings. The molecule has 1 aromatic heterocycles. The van der Waals surface area contributed by atoms with Crippen molar-refractivity contribution in [2.24, 2.45) is 0 Å². The van der Waals surface area contributed by atoms with Crippen molar-refractivity contribution in [1.82, 2.24) is 9.88 Å². The van der Waals surface area contributed by atoms with E-state index >= 15 is 0 Å². The van der Waals surface area contributed by atoms with Crippen molar-refractivity contribution < 1.29 is 19.4 Å². The highest BCUT2D eigenvalue weighted by Gasteiger charge is 2.15. The molecule has 7 heteroatoms. The standard InChI is InChI=1S/C21H27BrN2O4/c1-14-8-9-15-10-11-16(23-21(15)20(14)22)17(25)12-13-24(2)18(26)6-4-5-7-19(27)28-3/h8-11,17,25H,4-7,12-13H2,1-3H3. The first-order valence-corrected chi connectivity index (χ1v) is 10.2. The number of unbranched alkanes of at least 4 members (excludes halogenated alkanes) is 1. The van der Waals surface area contributed by atoms with Gasteiger partial charge in [-0.3, -0.25) is 9.59 Å². The van der Waals surface area contributed by atoms with Crippen LogP contribution in [0.5, 0.6) is 0 Å². The van der Waals surface area contributed by atoms with Crippen LogP contribution in [0.3, 0.4) is 0 Å². The van der Waals surface area contributed by atoms with Gasteiger partial charge in [0.15, 0.2) is 0 Å². The minimum atomic E-state index is -0.744. The van der Waals surface area contributed by atoms with Gasteiger partial charge in [-0.25, -0.2) is 4.98 Å². The van der Waals surface area contributed by atoms with Gasteiger partial charge in [0.1, 0.15) is 0 Å². The molecule has 0 bridgehead atoms. The maximum absolute atomic E-state index is 12.2. The smallest absolute Gasteiger partial charge is 0.305 e. The molecule has 6 nitrogen and oxygen atoms in total. The first-order chi connectivity index (χ1) is 13.3. The molecule has 0 radical (unpaired) electrons. The van der Waals surface area contributed by atoms with Crippen LogP contribution in [-0.4, -0.2) is 47.6 Å². The van der Waals surface area contributed by atoms with Crippen LogP contribution >= 0.6 is 15.9 Å². The fourth-order valence-corrected chi connectivity index (χ4v) is 3.33. The van der Waals surface area contributed by atoms with Gasteiger partial charge < -0.3 is 14.7 Å². The van der Waals surface area contributed by atoms with E-state index in [1.54, 1.807) is 11.9 Å². The molecular formula is C21H27BrN2O4. The number of carbonyl (C=O) groups is 2. The lowest BCUT2D eigenvalue weighted by Crippen LogP contribution is -2.28. The second-order valence-corrected chi connectivity index (χ2v) is 7.70. The second-order valence-electron chi connectivity index (χ2n) is 6.91. The molecule has 0 aliphatic heterocycles. The minimum Gasteiger partial charge on any atom is -0.469 e. The molecule has 1 N–H and O–H groups in total. The molecule has 1 heterocycles. The molecule has 28 heavy (non-hydrogen) atoms. The van der Waals surface area contributed by atoms with E-state index in [0.717, 1.165) is 20.9 Å². The van der Waals surface area contributed by atoms with E-state index in [1.165, 1.54) is 7.11 Å². The van der Waals surface area contributed by atoms with Crippen molar-refractivity contribution in [2.45, 2.75) is 45.1 Å². The second kappa shape index (κ2) is 10.5. The number of hydrogen-bond donors (Lipinski definition) is 1. The number of halogens is 1. The summed E-state index contributed by atoms with van der Waals surface area (Å²) in [5, 5.41) is 11.5. The monoisotopic (exact) mass is 450 g/mol. The van der Waals surface area contributed by atoms with Gasteiger partial charge >= 0.3 is 5.97 Å². The number of amides is 1. The highest BCUT2D eigenvalue weighted by Crippen LogP contribution is 2.27. The van der Waals surface area contributed by atoms with Gasteiger partial charge in [-0.05, 0) is 53.7 Å². The van der Waals surface area contributed by atoms with Gasteiger partial charge in [-0.15, -0.1) is 0 Å². The SMILES string of the molecule is COC(=O)CCCCC(=O)N(C)CCC(O)c1ccc2ccc(C)c(Br)c2n1. The molecule has 1 amide bonds. The van der Waals surface area contributed by atoms with E-state index in [9.17, 15) is 14.7 Å². The number of ether oxygens (including phenoxy) is 1. The number of methoxy groups -OCH3 is 1. The lowest BCUT2D eigenvalue weighted by atomic mass is 10.1. The number of hydrogen-bond acceptors (Lipinski definition) is 5. The summed E-state index contributed by atoms with van der Waals surface area (Å²) in [6, 6.07) is 7.80. The predicted octanol–water partition coefficient (Wildman–Crippen LogP) is 3.92. The van der Waals surface area contributed by atoms with Gasteiger partial charge in [-0.1, -0.05) is 18.2 Å². The quantitative estimate of drug-likeness (QED) is 0.462. The highest BCUT2D eigenvalue weighted by molar-refractivity contribution is 9.10. The normalized spacial score (nSPS) is 12.0. The number of aliphatic hydroxyl groups is 1. The van der Waals surface area contributed by atoms with Crippen molar-refractivity contribution >= 4 is 38.7 Å². The Balaban J connectivity index is 1.86. The molecular weight excluding hydrogens is 424 g/mol. The third-order valence-corrected chi connectivity index (χ3v) is 5.77. The number of fused-ring (bicyclic) bond motifs is 1. The fraction of sp³-hybridized carbons (Fsp3) is 0.476. The van der Waals surface area contributed by atoms with Crippen LogP contribution in [0.2, 0.25) is 0 Å². The first kappa shape index (κ1) is 22.3. The van der Waals surface area contributed by atoms with Crippen LogP contribution in [0, 0.1) is 6.92 Å². The molecule has 152 valence electrons. The van der Waals surface area contributed by atoms with Crippen molar-refractivity contribution in [2.75, 3.05) is 20.7 Å². The Morgan fingerprint density at radius 1 is 1.21 bits per heavy atom. The molecule has 0 aliphatic carbocycles. The van der Waals surface area contributed by atoms with E-state index < -0.39 is 6.10 Å². The summed E-state index contributed by atoms with van der Waals surface area (Å²) in [7, 11) is 3.08. The zero-order valence-electron chi connectivity index (χ0n) is 16.6. The Bertz CT molecular complexity index is 841. The summed E-state index contributed by atoms with van der Waals surface area (Å²) < 4.78 is 5.51. The zero-order chi connectivity index (χ0) is 20.7. The van der Waals surface area contributed by atoms with E-state index in [4.69, 9.17) is 0 Å². The van der Waals surface area contributed by atoms with Gasteiger partial charge in [0.2, 0.25) is 5.91 Å². The Kier molecular flexibility index (Phi) is 8.38. The van der Waals surface area contributed by atoms with Gasteiger partial charge in [0, 0.05) is 36.3 Å². The summed E-state index contributed by atoms with van der Waals surface area (Å²) >= 11 is 3.56. The first-order valence-electron chi connectivity index (χ1n) is 9.38. The number of esters is 1. The number of aromatic nitrogens is 1. The molecule has 0 fully saturated rings. The Morgan fingerprint density at radius 3 is 2.61 bits per heavy atom. The molecule has 2 rings (SSSR count). The third-order valence-electron chi connectivity index (χ3n) is 4.77. The largest absolute Gasteiger partial charge is 0.469 e. The molecule has 2 aromatic rings. The maximum atomic E-state index is 12.2. The van der Waals surface area contributed by atoms with Crippen molar-refractivity contribution in [3.8, 4) is 0 Å². The zero-order valence-corrected chi connectivity index (χ0v) is 18.2. The molecule has 0 saturated carbocycles. The minimum absolute atomic E-state index is 0.00176. The van der Waals surface area contributed by atoms with E-state index in [1.807, 2.05) is 31.2 Å². The predicted molar refractivity (Wildman–Crippen MR) is 112 cm³/mol. The van der Waals surface area contributed by atoms with Crippen molar-refractivity contribution in [3.05, 3.63) is 40.0 Å². The number of carbonyl (C=O) groups excluding carboxylic acids is 2. The molecule has 0 spiro atoms. The van der Waals surface area contributed by atoms with Crippen LogP contribution in [0.15, 0.2) is 28.7 Å². The maximum Gasteiger partial charge on any atom is 0.305 e. The Labute approximate surface area is 174 Å². The third kappa shape index (κ3) is 6.01. The number of aliphatic hydroxyl groups excluding tert-OH is 1. The highest BCUT2D eigenvalue weighted by atomic mass is 79.9. The Hall–Kier alpha value is -1.99. The summed E-state index contributed by atoms with van der Waals surface area (Å²) in [6.07, 6.45) is 1.64. The van der Waals surface area contributed by atoms with Crippen LogP contribution in [0.25, 0.3) is 10.9 Å². The molecule has 1 unspecified atom stereocenters. The number of aryl methyl sites for hydroxylation is 1. The van der Waals surface area contributed by atoms with Crippen molar-refractivity contribution in [3.63, 3.8) is 0 Å². The molecule has 0 saturated heterocycles.